The van der Waals surface area contributed by atoms with Crippen LogP contribution in [0.1, 0.15) is 71.6 Å². The molecule has 1 rings (SSSR count). The zero-order valence-corrected chi connectivity index (χ0v) is 16.2. The number of esters is 1. The number of allylic oxidation sites excluding steroid dienone is 1. The first kappa shape index (κ1) is 22.2. The fourth-order valence-electron chi connectivity index (χ4n) is 3.40. The van der Waals surface area contributed by atoms with Crippen LogP contribution in [0.15, 0.2) is 34.9 Å². The van der Waals surface area contributed by atoms with E-state index in [1.54, 1.807) is 0 Å². The zero-order chi connectivity index (χ0) is 19.5. The highest BCUT2D eigenvalue weighted by atomic mass is 16.5. The molecule has 0 radical (unpaired) electrons. The molecular weight excluding hydrogens is 330 g/mol. The van der Waals surface area contributed by atoms with Crippen molar-refractivity contribution in [1.29, 1.82) is 0 Å². The molecule has 0 bridgehead atoms. The highest BCUT2D eigenvalue weighted by Crippen LogP contribution is 2.35. The Morgan fingerprint density at radius 1 is 1.19 bits per heavy atom. The standard InChI is InChI=1S/C21H33NO4/c1-4-7-9-11-15-14-17(21(25)26-13-6-3)16(12-10-8-5-2)19(22)18(15)20(23)24/h6,19H,3-5,7-14,22H2,1-2H3,(H,23,24). The number of nitrogens with two attached hydrogens (primary N) is 1. The molecular formula is C21H33NO4. The van der Waals surface area contributed by atoms with Gasteiger partial charge in [-0.05, 0) is 31.3 Å². The van der Waals surface area contributed by atoms with Crippen LogP contribution in [0.2, 0.25) is 0 Å². The van der Waals surface area contributed by atoms with Crippen molar-refractivity contribution >= 4 is 11.9 Å². The van der Waals surface area contributed by atoms with Gasteiger partial charge in [0.25, 0.3) is 0 Å². The van der Waals surface area contributed by atoms with Gasteiger partial charge in [0.15, 0.2) is 0 Å². The minimum Gasteiger partial charge on any atom is -0.478 e. The molecule has 3 N–H and O–H groups in total. The van der Waals surface area contributed by atoms with E-state index in [0.29, 0.717) is 24.8 Å². The van der Waals surface area contributed by atoms with E-state index in [4.69, 9.17) is 10.5 Å². The molecule has 0 aromatic rings. The van der Waals surface area contributed by atoms with Crippen molar-refractivity contribution in [1.82, 2.24) is 0 Å². The molecule has 26 heavy (non-hydrogen) atoms. The van der Waals surface area contributed by atoms with Crippen molar-refractivity contribution in [2.45, 2.75) is 77.7 Å². The molecule has 1 aliphatic rings. The number of rotatable bonds is 12. The molecule has 0 aliphatic heterocycles. The summed E-state index contributed by atoms with van der Waals surface area (Å²) in [7, 11) is 0. The Balaban J connectivity index is 3.16. The average molecular weight is 363 g/mol. The van der Waals surface area contributed by atoms with E-state index in [9.17, 15) is 14.7 Å². The van der Waals surface area contributed by atoms with Crippen LogP contribution in [-0.4, -0.2) is 29.7 Å². The van der Waals surface area contributed by atoms with Gasteiger partial charge in [0, 0.05) is 12.0 Å². The molecule has 0 spiro atoms. The molecule has 1 aliphatic carbocycles. The molecule has 1 atom stereocenters. The molecule has 0 amide bonds. The smallest absolute Gasteiger partial charge is 0.334 e. The van der Waals surface area contributed by atoms with E-state index in [0.717, 1.165) is 49.7 Å². The SMILES string of the molecule is C=CCOC(=O)C1=C(CCCCC)C(N)C(C(=O)O)=C(CCCCC)C1. The van der Waals surface area contributed by atoms with Gasteiger partial charge in [0.2, 0.25) is 0 Å². The maximum absolute atomic E-state index is 12.5. The van der Waals surface area contributed by atoms with Crippen molar-refractivity contribution in [2.75, 3.05) is 6.61 Å². The highest BCUT2D eigenvalue weighted by Gasteiger charge is 2.33. The number of hydrogen-bond acceptors (Lipinski definition) is 4. The van der Waals surface area contributed by atoms with E-state index in [1.807, 2.05) is 0 Å². The molecule has 0 saturated heterocycles. The fraction of sp³-hybridized carbons (Fsp3) is 0.619. The van der Waals surface area contributed by atoms with Crippen molar-refractivity contribution in [3.05, 3.63) is 34.9 Å². The normalized spacial score (nSPS) is 17.4. The van der Waals surface area contributed by atoms with Gasteiger partial charge in [0.1, 0.15) is 6.61 Å². The molecule has 1 unspecified atom stereocenters. The maximum atomic E-state index is 12.5. The maximum Gasteiger partial charge on any atom is 0.334 e. The number of carbonyl (C=O) groups is 2. The summed E-state index contributed by atoms with van der Waals surface area (Å²) in [4.78, 5) is 24.4. The second-order valence-corrected chi connectivity index (χ2v) is 6.78. The largest absolute Gasteiger partial charge is 0.478 e. The lowest BCUT2D eigenvalue weighted by Gasteiger charge is -2.29. The summed E-state index contributed by atoms with van der Waals surface area (Å²) in [6.07, 6.45) is 9.06. The van der Waals surface area contributed by atoms with Crippen LogP contribution in [0.5, 0.6) is 0 Å². The number of ether oxygens (including phenoxy) is 1. The Hall–Kier alpha value is -1.88. The van der Waals surface area contributed by atoms with Gasteiger partial charge in [-0.1, -0.05) is 57.8 Å². The summed E-state index contributed by atoms with van der Waals surface area (Å²) in [6.45, 7) is 7.91. The van der Waals surface area contributed by atoms with Crippen LogP contribution < -0.4 is 5.73 Å². The molecule has 5 nitrogen and oxygen atoms in total. The summed E-state index contributed by atoms with van der Waals surface area (Å²) in [6, 6.07) is -0.735. The Kier molecular flexibility index (Phi) is 9.96. The minimum absolute atomic E-state index is 0.139. The number of aliphatic carboxylic acids is 1. The topological polar surface area (TPSA) is 89.6 Å². The van der Waals surface area contributed by atoms with Crippen LogP contribution in [0, 0.1) is 0 Å². The molecule has 0 heterocycles. The fourth-order valence-corrected chi connectivity index (χ4v) is 3.40. The van der Waals surface area contributed by atoms with Crippen molar-refractivity contribution < 1.29 is 19.4 Å². The van der Waals surface area contributed by atoms with E-state index in [-0.39, 0.29) is 12.2 Å². The Morgan fingerprint density at radius 2 is 1.81 bits per heavy atom. The number of carbonyl (C=O) groups excluding carboxylic acids is 1. The third kappa shape index (κ3) is 6.13. The van der Waals surface area contributed by atoms with E-state index >= 15 is 0 Å². The second kappa shape index (κ2) is 11.7. The monoisotopic (exact) mass is 363 g/mol. The Bertz CT molecular complexity index is 575. The third-order valence-electron chi connectivity index (χ3n) is 4.79. The summed E-state index contributed by atoms with van der Waals surface area (Å²) >= 11 is 0. The molecule has 0 saturated carbocycles. The molecule has 0 aromatic carbocycles. The van der Waals surface area contributed by atoms with Crippen LogP contribution >= 0.6 is 0 Å². The number of hydrogen-bond donors (Lipinski definition) is 2. The van der Waals surface area contributed by atoms with Gasteiger partial charge in [-0.15, -0.1) is 0 Å². The van der Waals surface area contributed by atoms with Gasteiger partial charge in [0.05, 0.1) is 11.6 Å². The molecule has 5 heteroatoms. The third-order valence-corrected chi connectivity index (χ3v) is 4.79. The first-order valence-electron chi connectivity index (χ1n) is 9.68. The zero-order valence-electron chi connectivity index (χ0n) is 16.2. The lowest BCUT2D eigenvalue weighted by atomic mass is 9.79. The van der Waals surface area contributed by atoms with Crippen molar-refractivity contribution in [3.8, 4) is 0 Å². The van der Waals surface area contributed by atoms with Gasteiger partial charge < -0.3 is 15.6 Å². The van der Waals surface area contributed by atoms with Gasteiger partial charge in [-0.25, -0.2) is 9.59 Å². The summed E-state index contributed by atoms with van der Waals surface area (Å²) in [5.74, 6) is -1.38. The van der Waals surface area contributed by atoms with E-state index in [1.165, 1.54) is 6.08 Å². The number of carboxylic acid groups (broad SMARTS) is 1. The van der Waals surface area contributed by atoms with Crippen LogP contribution in [0.25, 0.3) is 0 Å². The summed E-state index contributed by atoms with van der Waals surface area (Å²) < 4.78 is 5.24. The van der Waals surface area contributed by atoms with Gasteiger partial charge in [-0.2, -0.15) is 0 Å². The average Bonchev–Trinajstić information content (AvgIpc) is 2.61. The van der Waals surface area contributed by atoms with Crippen molar-refractivity contribution in [2.24, 2.45) is 5.73 Å². The lowest BCUT2D eigenvalue weighted by molar-refractivity contribution is -0.138. The first-order valence-corrected chi connectivity index (χ1v) is 9.68. The van der Waals surface area contributed by atoms with Crippen LogP contribution in [-0.2, 0) is 14.3 Å². The molecule has 0 aromatic heterocycles. The number of carboxylic acids is 1. The lowest BCUT2D eigenvalue weighted by Crippen LogP contribution is -2.36. The van der Waals surface area contributed by atoms with Gasteiger partial charge in [-0.3, -0.25) is 0 Å². The minimum atomic E-state index is -0.976. The first-order chi connectivity index (χ1) is 12.5. The summed E-state index contributed by atoms with van der Waals surface area (Å²) in [5.41, 5.74) is 8.65. The molecule has 146 valence electrons. The predicted molar refractivity (Wildman–Crippen MR) is 104 cm³/mol. The van der Waals surface area contributed by atoms with Crippen LogP contribution in [0.4, 0.5) is 0 Å². The highest BCUT2D eigenvalue weighted by molar-refractivity contribution is 5.96. The van der Waals surface area contributed by atoms with Crippen LogP contribution in [0.3, 0.4) is 0 Å². The molecule has 0 fully saturated rings. The Morgan fingerprint density at radius 3 is 2.35 bits per heavy atom. The Labute approximate surface area is 157 Å². The van der Waals surface area contributed by atoms with E-state index < -0.39 is 18.0 Å². The second-order valence-electron chi connectivity index (χ2n) is 6.78. The quantitative estimate of drug-likeness (QED) is 0.307. The van der Waals surface area contributed by atoms with E-state index in [2.05, 4.69) is 20.4 Å². The van der Waals surface area contributed by atoms with Crippen molar-refractivity contribution in [3.63, 3.8) is 0 Å². The van der Waals surface area contributed by atoms with Gasteiger partial charge >= 0.3 is 11.9 Å². The summed E-state index contributed by atoms with van der Waals surface area (Å²) in [5, 5.41) is 9.70. The predicted octanol–water partition coefficient (Wildman–Crippen LogP) is 4.29. The number of unbranched alkanes of at least 4 members (excludes halogenated alkanes) is 4.